The van der Waals surface area contributed by atoms with E-state index in [1.807, 2.05) is 6.07 Å². The molecule has 0 aromatic rings. The Balaban J connectivity index is 2.74. The van der Waals surface area contributed by atoms with E-state index in [0.717, 1.165) is 0 Å². The Morgan fingerprint density at radius 3 is 3.00 bits per heavy atom. The maximum Gasteiger partial charge on any atom is 0.307 e. The highest BCUT2D eigenvalue weighted by Crippen LogP contribution is 2.36. The van der Waals surface area contributed by atoms with Gasteiger partial charge in [0.15, 0.2) is 0 Å². The summed E-state index contributed by atoms with van der Waals surface area (Å²) in [7, 11) is 0. The summed E-state index contributed by atoms with van der Waals surface area (Å²) < 4.78 is 4.83. The lowest BCUT2D eigenvalue weighted by atomic mass is 10.2. The smallest absolute Gasteiger partial charge is 0.307 e. The monoisotopic (exact) mass is 332 g/mol. The second-order valence-electron chi connectivity index (χ2n) is 3.41. The zero-order valence-electron chi connectivity index (χ0n) is 9.89. The van der Waals surface area contributed by atoms with Crippen molar-refractivity contribution < 1.29 is 14.3 Å². The lowest BCUT2D eigenvalue weighted by Crippen LogP contribution is -2.31. The molecule has 1 fully saturated rings. The second kappa shape index (κ2) is 7.44. The van der Waals surface area contributed by atoms with Crippen molar-refractivity contribution in [1.29, 1.82) is 5.26 Å². The Morgan fingerprint density at radius 1 is 1.72 bits per heavy atom. The Labute approximate surface area is 118 Å². The lowest BCUT2D eigenvalue weighted by Gasteiger charge is -2.14. The third-order valence-corrected chi connectivity index (χ3v) is 3.81. The third kappa shape index (κ3) is 3.75. The number of rotatable bonds is 5. The minimum absolute atomic E-state index is 0.0406. The van der Waals surface area contributed by atoms with Crippen LogP contribution < -0.4 is 0 Å². The number of halogens is 1. The highest BCUT2D eigenvalue weighted by atomic mass is 79.9. The number of hydrogen-bond donors (Lipinski definition) is 0. The van der Waals surface area contributed by atoms with Crippen LogP contribution in [-0.4, -0.2) is 40.5 Å². The van der Waals surface area contributed by atoms with Crippen LogP contribution in [-0.2, 0) is 14.3 Å². The fraction of sp³-hybridized carbons (Fsp3) is 0.545. The van der Waals surface area contributed by atoms with Gasteiger partial charge in [-0.05, 0) is 6.92 Å². The Kier molecular flexibility index (Phi) is 6.22. The van der Waals surface area contributed by atoms with Gasteiger partial charge in [0.2, 0.25) is 5.91 Å². The normalized spacial score (nSPS) is 21.2. The molecule has 1 unspecified atom stereocenters. The molecule has 1 saturated heterocycles. The van der Waals surface area contributed by atoms with E-state index in [4.69, 9.17) is 10.00 Å². The molecule has 0 radical (unpaired) electrons. The standard InChI is InChI=1S/C11H13BrN2O3S/c1-2-17-10(15)7-8-11(16)14(6-4-12)9(18-8)3-5-13/h3,8H,2,4,6-7H2,1H3/b9-3-. The molecule has 0 saturated carbocycles. The van der Waals surface area contributed by atoms with Crippen LogP contribution in [0.2, 0.25) is 0 Å². The molecular formula is C11H13BrN2O3S. The number of amides is 1. The molecule has 0 aliphatic carbocycles. The fourth-order valence-corrected chi connectivity index (χ4v) is 3.04. The molecule has 0 N–H and O–H groups in total. The molecular weight excluding hydrogens is 320 g/mol. The molecule has 1 aliphatic rings. The van der Waals surface area contributed by atoms with Gasteiger partial charge in [-0.1, -0.05) is 27.7 Å². The summed E-state index contributed by atoms with van der Waals surface area (Å²) in [5.74, 6) is -0.533. The summed E-state index contributed by atoms with van der Waals surface area (Å²) in [6, 6.07) is 1.91. The molecule has 0 aromatic carbocycles. The van der Waals surface area contributed by atoms with Crippen molar-refractivity contribution in [2.75, 3.05) is 18.5 Å². The lowest BCUT2D eigenvalue weighted by molar-refractivity contribution is -0.144. The van der Waals surface area contributed by atoms with Crippen molar-refractivity contribution in [3.05, 3.63) is 11.1 Å². The molecule has 1 amide bonds. The summed E-state index contributed by atoms with van der Waals surface area (Å²) in [5.41, 5.74) is 0. The zero-order chi connectivity index (χ0) is 13.5. The van der Waals surface area contributed by atoms with E-state index in [2.05, 4.69) is 15.9 Å². The summed E-state index contributed by atoms with van der Waals surface area (Å²) in [5, 5.41) is 9.40. The number of hydrogen-bond acceptors (Lipinski definition) is 5. The van der Waals surface area contributed by atoms with Crippen LogP contribution in [0, 0.1) is 11.3 Å². The van der Waals surface area contributed by atoms with Gasteiger partial charge < -0.3 is 9.64 Å². The van der Waals surface area contributed by atoms with Gasteiger partial charge in [0.1, 0.15) is 5.25 Å². The van der Waals surface area contributed by atoms with Crippen molar-refractivity contribution in [1.82, 2.24) is 4.90 Å². The van der Waals surface area contributed by atoms with Gasteiger partial charge in [-0.15, -0.1) is 0 Å². The van der Waals surface area contributed by atoms with E-state index in [-0.39, 0.29) is 18.3 Å². The Morgan fingerprint density at radius 2 is 2.44 bits per heavy atom. The maximum atomic E-state index is 12.0. The number of thioether (sulfide) groups is 1. The van der Waals surface area contributed by atoms with Gasteiger partial charge in [-0.3, -0.25) is 9.59 Å². The SMILES string of the molecule is CCOC(=O)CC1S/C(=C\C#N)N(CCBr)C1=O. The van der Waals surface area contributed by atoms with E-state index < -0.39 is 5.25 Å². The van der Waals surface area contributed by atoms with Crippen molar-refractivity contribution >= 4 is 39.6 Å². The van der Waals surface area contributed by atoms with Gasteiger partial charge in [0.25, 0.3) is 0 Å². The number of carbonyl (C=O) groups is 2. The van der Waals surface area contributed by atoms with E-state index in [9.17, 15) is 9.59 Å². The van der Waals surface area contributed by atoms with Gasteiger partial charge in [0.05, 0.1) is 24.1 Å². The van der Waals surface area contributed by atoms with E-state index >= 15 is 0 Å². The fourth-order valence-electron chi connectivity index (χ4n) is 1.51. The molecule has 1 atom stereocenters. The predicted molar refractivity (Wildman–Crippen MR) is 71.8 cm³/mol. The average Bonchev–Trinajstić information content (AvgIpc) is 2.59. The van der Waals surface area contributed by atoms with Crippen molar-refractivity contribution in [2.45, 2.75) is 18.6 Å². The second-order valence-corrected chi connectivity index (χ2v) is 5.42. The van der Waals surface area contributed by atoms with Crippen LogP contribution in [0.5, 0.6) is 0 Å². The summed E-state index contributed by atoms with van der Waals surface area (Å²) in [4.78, 5) is 24.9. The number of nitrogens with zero attached hydrogens (tertiary/aromatic N) is 2. The average molecular weight is 333 g/mol. The number of esters is 1. The molecule has 5 nitrogen and oxygen atoms in total. The van der Waals surface area contributed by atoms with Crippen LogP contribution in [0.25, 0.3) is 0 Å². The number of ether oxygens (including phenoxy) is 1. The minimum atomic E-state index is -0.484. The number of alkyl halides is 1. The van der Waals surface area contributed by atoms with Crippen molar-refractivity contribution in [3.8, 4) is 6.07 Å². The van der Waals surface area contributed by atoms with Crippen molar-refractivity contribution in [2.24, 2.45) is 0 Å². The van der Waals surface area contributed by atoms with E-state index in [1.165, 1.54) is 22.7 Å². The first kappa shape index (κ1) is 15.1. The first-order valence-electron chi connectivity index (χ1n) is 5.43. The van der Waals surface area contributed by atoms with Gasteiger partial charge in [-0.2, -0.15) is 5.26 Å². The number of allylic oxidation sites excluding steroid dienone is 1. The Bertz CT molecular complexity index is 406. The molecule has 1 aliphatic heterocycles. The van der Waals surface area contributed by atoms with Crippen LogP contribution in [0.4, 0.5) is 0 Å². The van der Waals surface area contributed by atoms with E-state index in [0.29, 0.717) is 23.5 Å². The predicted octanol–water partition coefficient (Wildman–Crippen LogP) is 1.64. The topological polar surface area (TPSA) is 70.4 Å². The Hall–Kier alpha value is -1.00. The quantitative estimate of drug-likeness (QED) is 0.435. The third-order valence-electron chi connectivity index (χ3n) is 2.22. The van der Waals surface area contributed by atoms with Crippen LogP contribution in [0.15, 0.2) is 11.1 Å². The molecule has 0 spiro atoms. The molecule has 7 heteroatoms. The van der Waals surface area contributed by atoms with Gasteiger partial charge in [0, 0.05) is 18.0 Å². The molecule has 0 aromatic heterocycles. The van der Waals surface area contributed by atoms with Crippen LogP contribution in [0.1, 0.15) is 13.3 Å². The molecule has 98 valence electrons. The van der Waals surface area contributed by atoms with Gasteiger partial charge in [-0.25, -0.2) is 0 Å². The largest absolute Gasteiger partial charge is 0.466 e. The maximum absolute atomic E-state index is 12.0. The van der Waals surface area contributed by atoms with Crippen LogP contribution >= 0.6 is 27.7 Å². The summed E-state index contributed by atoms with van der Waals surface area (Å²) >= 11 is 4.50. The molecule has 1 rings (SSSR count). The zero-order valence-corrected chi connectivity index (χ0v) is 12.3. The first-order valence-corrected chi connectivity index (χ1v) is 7.43. The molecule has 1 heterocycles. The minimum Gasteiger partial charge on any atom is -0.466 e. The first-order chi connectivity index (χ1) is 8.63. The van der Waals surface area contributed by atoms with E-state index in [1.54, 1.807) is 6.92 Å². The summed E-state index contributed by atoms with van der Waals surface area (Å²) in [6.45, 7) is 2.51. The summed E-state index contributed by atoms with van der Waals surface area (Å²) in [6.07, 6.45) is 1.37. The molecule has 18 heavy (non-hydrogen) atoms. The highest BCUT2D eigenvalue weighted by molar-refractivity contribution is 9.09. The van der Waals surface area contributed by atoms with Crippen LogP contribution in [0.3, 0.4) is 0 Å². The number of nitriles is 1. The number of carbonyl (C=O) groups excluding carboxylic acids is 2. The van der Waals surface area contributed by atoms with Crippen molar-refractivity contribution in [3.63, 3.8) is 0 Å². The highest BCUT2D eigenvalue weighted by Gasteiger charge is 2.37. The van der Waals surface area contributed by atoms with Gasteiger partial charge >= 0.3 is 5.97 Å². The molecule has 0 bridgehead atoms.